The second-order valence-electron chi connectivity index (χ2n) is 8.64. The molecule has 1 saturated heterocycles. The number of benzene rings is 2. The Bertz CT molecular complexity index is 1270. The van der Waals surface area contributed by atoms with Gasteiger partial charge in [0.05, 0.1) is 17.1 Å². The van der Waals surface area contributed by atoms with Gasteiger partial charge in [0, 0.05) is 51.2 Å². The summed E-state index contributed by atoms with van der Waals surface area (Å²) in [5.41, 5.74) is 1.26. The third kappa shape index (κ3) is 4.26. The van der Waals surface area contributed by atoms with E-state index >= 15 is 0 Å². The van der Waals surface area contributed by atoms with E-state index in [1.807, 2.05) is 38.8 Å². The topological polar surface area (TPSA) is 65.9 Å². The van der Waals surface area contributed by atoms with E-state index < -0.39 is 16.1 Å². The molecule has 0 bridgehead atoms. The molecule has 0 N–H and O–H groups in total. The Morgan fingerprint density at radius 1 is 0.853 bits per heavy atom. The smallest absolute Gasteiger partial charge is 0.244 e. The summed E-state index contributed by atoms with van der Waals surface area (Å²) in [6, 6.07) is 17.8. The van der Waals surface area contributed by atoms with E-state index in [1.165, 1.54) is 10.4 Å². The van der Waals surface area contributed by atoms with E-state index in [-0.39, 0.29) is 29.6 Å². The van der Waals surface area contributed by atoms with Crippen LogP contribution in [-0.2, 0) is 21.4 Å². The molecule has 3 heterocycles. The largest absolute Gasteiger partial charge is 0.367 e. The number of carbonyl (C=O) groups excluding carboxylic acids is 1. The Balaban J connectivity index is 1.34. The van der Waals surface area contributed by atoms with Crippen LogP contribution in [0.1, 0.15) is 11.7 Å². The van der Waals surface area contributed by atoms with Gasteiger partial charge in [-0.25, -0.2) is 12.8 Å². The molecule has 5 rings (SSSR count). The molecular weight excluding hydrogens is 455 g/mol. The van der Waals surface area contributed by atoms with Crippen LogP contribution in [0.2, 0.25) is 0 Å². The molecule has 0 amide bonds. The molecule has 1 atom stereocenters. The molecule has 34 heavy (non-hydrogen) atoms. The van der Waals surface area contributed by atoms with Crippen LogP contribution in [0, 0.1) is 5.82 Å². The molecular formula is C25H27FN4O3S. The average molecular weight is 483 g/mol. The van der Waals surface area contributed by atoms with Gasteiger partial charge >= 0.3 is 0 Å². The minimum Gasteiger partial charge on any atom is -0.367 e. The van der Waals surface area contributed by atoms with Crippen molar-refractivity contribution in [3.63, 3.8) is 0 Å². The molecule has 0 saturated carbocycles. The van der Waals surface area contributed by atoms with Crippen molar-refractivity contribution in [3.05, 3.63) is 84.4 Å². The summed E-state index contributed by atoms with van der Waals surface area (Å²) in [6.07, 6.45) is 1.88. The third-order valence-electron chi connectivity index (χ3n) is 6.59. The maximum Gasteiger partial charge on any atom is 0.244 e. The molecule has 9 heteroatoms. The first-order chi connectivity index (χ1) is 16.4. The number of carbonyl (C=O) groups is 1. The average Bonchev–Trinajstić information content (AvgIpc) is 3.34. The highest BCUT2D eigenvalue weighted by Crippen LogP contribution is 2.32. The highest BCUT2D eigenvalue weighted by molar-refractivity contribution is 7.89. The fraction of sp³-hybridized carbons (Fsp3) is 0.320. The monoisotopic (exact) mass is 482 g/mol. The van der Waals surface area contributed by atoms with Crippen LogP contribution in [0.25, 0.3) is 0 Å². The van der Waals surface area contributed by atoms with Crippen LogP contribution >= 0.6 is 0 Å². The molecule has 0 spiro atoms. The Kier molecular flexibility index (Phi) is 6.24. The summed E-state index contributed by atoms with van der Waals surface area (Å²) < 4.78 is 44.4. The molecule has 1 fully saturated rings. The zero-order valence-electron chi connectivity index (χ0n) is 18.8. The number of halogens is 1. The molecule has 3 aromatic rings. The van der Waals surface area contributed by atoms with Gasteiger partial charge in [-0.1, -0.05) is 30.3 Å². The van der Waals surface area contributed by atoms with Crippen LogP contribution in [0.15, 0.2) is 77.8 Å². The standard InChI is InChI=1S/C25H27FN4O3S/c26-21-9-4-5-10-22(21)29-15-13-27(14-16-29)19-24(31)25-23-11-6-12-28(23)17-18-30(25)34(32,33)20-7-2-1-3-8-20/h1-12,25H,13-19H2. The number of para-hydroxylation sites is 1. The lowest BCUT2D eigenvalue weighted by molar-refractivity contribution is -0.124. The van der Waals surface area contributed by atoms with Crippen LogP contribution in [0.4, 0.5) is 10.1 Å². The number of sulfonamides is 1. The second kappa shape index (κ2) is 9.32. The van der Waals surface area contributed by atoms with Gasteiger partial charge in [-0.2, -0.15) is 4.31 Å². The lowest BCUT2D eigenvalue weighted by Gasteiger charge is -2.38. The lowest BCUT2D eigenvalue weighted by atomic mass is 10.1. The first-order valence-electron chi connectivity index (χ1n) is 11.4. The Labute approximate surface area is 199 Å². The van der Waals surface area contributed by atoms with Gasteiger partial charge in [0.1, 0.15) is 11.9 Å². The van der Waals surface area contributed by atoms with Crippen LogP contribution in [0.5, 0.6) is 0 Å². The Morgan fingerprint density at radius 2 is 1.56 bits per heavy atom. The number of Topliss-reactive ketones (excluding diaryl/α,β-unsaturated/α-hetero) is 1. The number of fused-ring (bicyclic) bond motifs is 1. The Hall–Kier alpha value is -3.01. The van der Waals surface area contributed by atoms with E-state index in [2.05, 4.69) is 0 Å². The van der Waals surface area contributed by atoms with Gasteiger partial charge < -0.3 is 9.47 Å². The first kappa shape index (κ1) is 22.8. The second-order valence-corrected chi connectivity index (χ2v) is 10.5. The van der Waals surface area contributed by atoms with E-state index in [0.29, 0.717) is 44.1 Å². The molecule has 1 unspecified atom stereocenters. The summed E-state index contributed by atoms with van der Waals surface area (Å²) in [6.45, 7) is 3.26. The molecule has 0 aliphatic carbocycles. The van der Waals surface area contributed by atoms with E-state index in [9.17, 15) is 17.6 Å². The number of anilines is 1. The highest BCUT2D eigenvalue weighted by Gasteiger charge is 2.41. The van der Waals surface area contributed by atoms with Crippen LogP contribution in [-0.4, -0.2) is 67.2 Å². The number of aromatic nitrogens is 1. The fourth-order valence-electron chi connectivity index (χ4n) is 4.84. The van der Waals surface area contributed by atoms with Crippen molar-refractivity contribution in [2.75, 3.05) is 44.2 Å². The summed E-state index contributed by atoms with van der Waals surface area (Å²) in [7, 11) is -3.84. The molecule has 0 radical (unpaired) electrons. The summed E-state index contributed by atoms with van der Waals surface area (Å²) in [5, 5.41) is 0. The number of rotatable bonds is 6. The SMILES string of the molecule is O=C(CN1CCN(c2ccccc2F)CC1)C1c2cccn2CCN1S(=O)(=O)c1ccccc1. The maximum absolute atomic E-state index is 14.2. The minimum atomic E-state index is -3.84. The fourth-order valence-corrected chi connectivity index (χ4v) is 6.43. The van der Waals surface area contributed by atoms with Gasteiger partial charge in [0.25, 0.3) is 0 Å². The van der Waals surface area contributed by atoms with Crippen molar-refractivity contribution in [1.82, 2.24) is 13.8 Å². The number of hydrogen-bond acceptors (Lipinski definition) is 5. The predicted molar refractivity (Wildman–Crippen MR) is 128 cm³/mol. The third-order valence-corrected chi connectivity index (χ3v) is 8.47. The van der Waals surface area contributed by atoms with Crippen molar-refractivity contribution in [2.45, 2.75) is 17.5 Å². The van der Waals surface area contributed by atoms with Gasteiger partial charge in [0.15, 0.2) is 5.78 Å². The molecule has 2 aromatic carbocycles. The normalized spacial score (nSPS) is 19.7. The summed E-state index contributed by atoms with van der Waals surface area (Å²) >= 11 is 0. The van der Waals surface area contributed by atoms with Gasteiger partial charge in [-0.15, -0.1) is 0 Å². The molecule has 178 valence electrons. The van der Waals surface area contributed by atoms with Crippen molar-refractivity contribution in [1.29, 1.82) is 0 Å². The quantitative estimate of drug-likeness (QED) is 0.541. The van der Waals surface area contributed by atoms with Crippen LogP contribution < -0.4 is 4.90 Å². The number of piperazine rings is 1. The summed E-state index contributed by atoms with van der Waals surface area (Å²) in [4.78, 5) is 17.8. The zero-order chi connectivity index (χ0) is 23.7. The van der Waals surface area contributed by atoms with Crippen molar-refractivity contribution < 1.29 is 17.6 Å². The van der Waals surface area contributed by atoms with Gasteiger partial charge in [-0.3, -0.25) is 9.69 Å². The zero-order valence-corrected chi connectivity index (χ0v) is 19.6. The summed E-state index contributed by atoms with van der Waals surface area (Å²) in [5.74, 6) is -0.407. The lowest BCUT2D eigenvalue weighted by Crippen LogP contribution is -2.51. The number of nitrogens with zero attached hydrogens (tertiary/aromatic N) is 4. The van der Waals surface area contributed by atoms with Crippen molar-refractivity contribution in [3.8, 4) is 0 Å². The molecule has 1 aromatic heterocycles. The first-order valence-corrected chi connectivity index (χ1v) is 12.9. The van der Waals surface area contributed by atoms with E-state index in [1.54, 1.807) is 42.5 Å². The Morgan fingerprint density at radius 3 is 2.29 bits per heavy atom. The molecule has 7 nitrogen and oxygen atoms in total. The van der Waals surface area contributed by atoms with Gasteiger partial charge in [-0.05, 0) is 36.4 Å². The van der Waals surface area contributed by atoms with E-state index in [0.717, 1.165) is 0 Å². The van der Waals surface area contributed by atoms with Gasteiger partial charge in [0.2, 0.25) is 10.0 Å². The predicted octanol–water partition coefficient (Wildman–Crippen LogP) is 2.76. The molecule has 2 aliphatic rings. The van der Waals surface area contributed by atoms with Crippen molar-refractivity contribution >= 4 is 21.5 Å². The highest BCUT2D eigenvalue weighted by atomic mass is 32.2. The maximum atomic E-state index is 14.2. The molecule has 2 aliphatic heterocycles. The number of ketones is 1. The van der Waals surface area contributed by atoms with E-state index in [4.69, 9.17) is 0 Å². The van der Waals surface area contributed by atoms with Crippen molar-refractivity contribution in [2.24, 2.45) is 0 Å². The minimum absolute atomic E-state index is 0.141. The van der Waals surface area contributed by atoms with Crippen LogP contribution in [0.3, 0.4) is 0 Å². The number of hydrogen-bond donors (Lipinski definition) is 0.